The minimum atomic E-state index is 0.740. The number of anilines is 1. The van der Waals surface area contributed by atoms with Gasteiger partial charge in [-0.2, -0.15) is 4.98 Å². The third-order valence-electron chi connectivity index (χ3n) is 2.64. The number of pyridine rings is 1. The monoisotopic (exact) mass is 216 g/mol. The molecule has 82 valence electrons. The summed E-state index contributed by atoms with van der Waals surface area (Å²) in [7, 11) is 0. The van der Waals surface area contributed by atoms with Crippen LogP contribution in [0.3, 0.4) is 0 Å². The summed E-state index contributed by atoms with van der Waals surface area (Å²) in [4.78, 5) is 15.1. The quantitative estimate of drug-likeness (QED) is 0.707. The largest absolute Gasteiger partial charge is 0.378 e. The van der Waals surface area contributed by atoms with Gasteiger partial charge in [0.2, 0.25) is 5.95 Å². The molecule has 3 heterocycles. The topological polar surface area (TPSA) is 51.1 Å². The summed E-state index contributed by atoms with van der Waals surface area (Å²) in [5.41, 5.74) is 0.749. The molecule has 2 aromatic heterocycles. The van der Waals surface area contributed by atoms with E-state index in [1.54, 1.807) is 6.20 Å². The maximum atomic E-state index is 5.30. The maximum absolute atomic E-state index is 5.30. The Kier molecular flexibility index (Phi) is 2.38. The van der Waals surface area contributed by atoms with Crippen molar-refractivity contribution in [2.24, 2.45) is 0 Å². The van der Waals surface area contributed by atoms with Crippen LogP contribution in [-0.4, -0.2) is 41.3 Å². The van der Waals surface area contributed by atoms with Crippen molar-refractivity contribution in [3.8, 4) is 0 Å². The second-order valence-electron chi connectivity index (χ2n) is 3.69. The molecule has 5 heteroatoms. The lowest BCUT2D eigenvalue weighted by molar-refractivity contribution is 0.122. The number of aromatic nitrogens is 3. The van der Waals surface area contributed by atoms with Crippen LogP contribution < -0.4 is 4.90 Å². The fourth-order valence-corrected chi connectivity index (χ4v) is 1.77. The lowest BCUT2D eigenvalue weighted by Crippen LogP contribution is -2.37. The number of rotatable bonds is 1. The highest BCUT2D eigenvalue weighted by Crippen LogP contribution is 2.13. The van der Waals surface area contributed by atoms with Gasteiger partial charge < -0.3 is 9.64 Å². The maximum Gasteiger partial charge on any atom is 0.227 e. The highest BCUT2D eigenvalue weighted by atomic mass is 16.5. The summed E-state index contributed by atoms with van der Waals surface area (Å²) in [6, 6.07) is 3.85. The lowest BCUT2D eigenvalue weighted by atomic mass is 10.3. The Balaban J connectivity index is 1.97. The van der Waals surface area contributed by atoms with Gasteiger partial charge >= 0.3 is 0 Å². The third kappa shape index (κ3) is 1.69. The molecule has 0 radical (unpaired) electrons. The first kappa shape index (κ1) is 9.47. The van der Waals surface area contributed by atoms with Gasteiger partial charge in [0.05, 0.1) is 13.2 Å². The Morgan fingerprint density at radius 3 is 2.94 bits per heavy atom. The average Bonchev–Trinajstić information content (AvgIpc) is 2.39. The summed E-state index contributed by atoms with van der Waals surface area (Å²) in [5.74, 6) is 0.745. The summed E-state index contributed by atoms with van der Waals surface area (Å²) in [6.45, 7) is 3.17. The Morgan fingerprint density at radius 1 is 1.19 bits per heavy atom. The Morgan fingerprint density at radius 2 is 2.06 bits per heavy atom. The number of fused-ring (bicyclic) bond motifs is 1. The molecule has 3 rings (SSSR count). The Bertz CT molecular complexity index is 496. The van der Waals surface area contributed by atoms with E-state index in [0.29, 0.717) is 0 Å². The van der Waals surface area contributed by atoms with Crippen LogP contribution in [0.1, 0.15) is 0 Å². The molecule has 0 atom stereocenters. The van der Waals surface area contributed by atoms with Gasteiger partial charge in [-0.05, 0) is 12.1 Å². The van der Waals surface area contributed by atoms with Crippen molar-refractivity contribution in [2.75, 3.05) is 31.2 Å². The summed E-state index contributed by atoms with van der Waals surface area (Å²) in [6.07, 6.45) is 3.57. The second kappa shape index (κ2) is 4.02. The van der Waals surface area contributed by atoms with Gasteiger partial charge in [-0.15, -0.1) is 0 Å². The Hall–Kier alpha value is -1.75. The van der Waals surface area contributed by atoms with Crippen LogP contribution in [0, 0.1) is 0 Å². The average molecular weight is 216 g/mol. The van der Waals surface area contributed by atoms with Gasteiger partial charge in [0.25, 0.3) is 0 Å². The molecule has 16 heavy (non-hydrogen) atoms. The molecule has 0 N–H and O–H groups in total. The van der Waals surface area contributed by atoms with Crippen molar-refractivity contribution >= 4 is 17.0 Å². The van der Waals surface area contributed by atoms with Gasteiger partial charge in [-0.25, -0.2) is 9.97 Å². The fraction of sp³-hybridized carbons (Fsp3) is 0.364. The summed E-state index contributed by atoms with van der Waals surface area (Å²) >= 11 is 0. The van der Waals surface area contributed by atoms with Gasteiger partial charge in [-0.1, -0.05) is 0 Å². The molecule has 0 spiro atoms. The van der Waals surface area contributed by atoms with Gasteiger partial charge in [0, 0.05) is 30.9 Å². The van der Waals surface area contributed by atoms with Crippen molar-refractivity contribution in [1.82, 2.24) is 15.0 Å². The van der Waals surface area contributed by atoms with Crippen LogP contribution in [0.4, 0.5) is 5.95 Å². The standard InChI is InChI=1S/C11H12N4O/c1-2-9-8-13-11(14-10(9)12-3-1)15-4-6-16-7-5-15/h1-3,8H,4-7H2. The number of hydrogen-bond acceptors (Lipinski definition) is 5. The zero-order valence-electron chi connectivity index (χ0n) is 8.83. The van der Waals surface area contributed by atoms with Crippen LogP contribution in [0.15, 0.2) is 24.5 Å². The van der Waals surface area contributed by atoms with E-state index in [1.807, 2.05) is 18.3 Å². The van der Waals surface area contributed by atoms with E-state index in [-0.39, 0.29) is 0 Å². The zero-order valence-corrected chi connectivity index (χ0v) is 8.83. The third-order valence-corrected chi connectivity index (χ3v) is 2.64. The molecule has 0 unspecified atom stereocenters. The van der Waals surface area contributed by atoms with E-state index in [9.17, 15) is 0 Å². The first-order valence-corrected chi connectivity index (χ1v) is 5.34. The van der Waals surface area contributed by atoms with E-state index >= 15 is 0 Å². The molecule has 1 aliphatic rings. The second-order valence-corrected chi connectivity index (χ2v) is 3.69. The first-order chi connectivity index (χ1) is 7.93. The highest BCUT2D eigenvalue weighted by molar-refractivity contribution is 5.74. The van der Waals surface area contributed by atoms with E-state index in [4.69, 9.17) is 4.74 Å². The SMILES string of the molecule is c1cnc2nc(N3CCOCC3)ncc2c1. The number of hydrogen-bond donors (Lipinski definition) is 0. The minimum absolute atomic E-state index is 0.740. The normalized spacial score (nSPS) is 16.6. The smallest absolute Gasteiger partial charge is 0.227 e. The van der Waals surface area contributed by atoms with Crippen molar-refractivity contribution < 1.29 is 4.74 Å². The zero-order chi connectivity index (χ0) is 10.8. The van der Waals surface area contributed by atoms with Crippen molar-refractivity contribution in [1.29, 1.82) is 0 Å². The lowest BCUT2D eigenvalue weighted by Gasteiger charge is -2.26. The molecule has 0 saturated carbocycles. The Labute approximate surface area is 93.1 Å². The predicted molar refractivity (Wildman–Crippen MR) is 60.4 cm³/mol. The predicted octanol–water partition coefficient (Wildman–Crippen LogP) is 0.861. The van der Waals surface area contributed by atoms with E-state index in [0.717, 1.165) is 43.3 Å². The number of ether oxygens (including phenoxy) is 1. The molecule has 0 bridgehead atoms. The van der Waals surface area contributed by atoms with Gasteiger partial charge in [0.1, 0.15) is 0 Å². The minimum Gasteiger partial charge on any atom is -0.378 e. The van der Waals surface area contributed by atoms with Gasteiger partial charge in [0.15, 0.2) is 5.65 Å². The van der Waals surface area contributed by atoms with Crippen molar-refractivity contribution in [3.05, 3.63) is 24.5 Å². The van der Waals surface area contributed by atoms with Crippen molar-refractivity contribution in [2.45, 2.75) is 0 Å². The van der Waals surface area contributed by atoms with Crippen LogP contribution in [-0.2, 0) is 4.74 Å². The number of morpholine rings is 1. The summed E-state index contributed by atoms with van der Waals surface area (Å²) in [5, 5.41) is 0.972. The molecule has 0 aliphatic carbocycles. The molecule has 1 fully saturated rings. The number of nitrogens with zero attached hydrogens (tertiary/aromatic N) is 4. The van der Waals surface area contributed by atoms with Crippen LogP contribution in [0.2, 0.25) is 0 Å². The van der Waals surface area contributed by atoms with Gasteiger partial charge in [-0.3, -0.25) is 0 Å². The molecule has 0 amide bonds. The molecular weight excluding hydrogens is 204 g/mol. The van der Waals surface area contributed by atoms with E-state index in [1.165, 1.54) is 0 Å². The first-order valence-electron chi connectivity index (χ1n) is 5.34. The van der Waals surface area contributed by atoms with Crippen LogP contribution >= 0.6 is 0 Å². The highest BCUT2D eigenvalue weighted by Gasteiger charge is 2.13. The van der Waals surface area contributed by atoms with Crippen LogP contribution in [0.25, 0.3) is 11.0 Å². The molecule has 5 nitrogen and oxygen atoms in total. The van der Waals surface area contributed by atoms with E-state index < -0.39 is 0 Å². The fourth-order valence-electron chi connectivity index (χ4n) is 1.77. The molecular formula is C11H12N4O. The molecule has 1 aliphatic heterocycles. The molecule has 1 saturated heterocycles. The summed E-state index contributed by atoms with van der Waals surface area (Å²) < 4.78 is 5.30. The van der Waals surface area contributed by atoms with Crippen molar-refractivity contribution in [3.63, 3.8) is 0 Å². The van der Waals surface area contributed by atoms with E-state index in [2.05, 4.69) is 19.9 Å². The molecule has 0 aromatic carbocycles. The van der Waals surface area contributed by atoms with Crippen LogP contribution in [0.5, 0.6) is 0 Å². The molecule has 2 aromatic rings.